The Morgan fingerprint density at radius 1 is 1.37 bits per heavy atom. The van der Waals surface area contributed by atoms with Crippen molar-refractivity contribution in [2.24, 2.45) is 0 Å². The van der Waals surface area contributed by atoms with Crippen molar-refractivity contribution in [3.8, 4) is 22.8 Å². The molecule has 8 nitrogen and oxygen atoms in total. The number of alkyl halides is 1. The van der Waals surface area contributed by atoms with Crippen LogP contribution >= 0.6 is 0 Å². The Morgan fingerprint density at radius 3 is 3.13 bits per heavy atom. The first-order valence-corrected chi connectivity index (χ1v) is 11.6. The predicted molar refractivity (Wildman–Crippen MR) is 104 cm³/mol. The van der Waals surface area contributed by atoms with Gasteiger partial charge in [0.2, 0.25) is 0 Å². The first-order chi connectivity index (χ1) is 14.7. The zero-order valence-electron chi connectivity index (χ0n) is 15.9. The number of benzene rings is 1. The van der Waals surface area contributed by atoms with Gasteiger partial charge in [0.25, 0.3) is 0 Å². The minimum absolute atomic E-state index is 0.0794. The van der Waals surface area contributed by atoms with E-state index in [-0.39, 0.29) is 15.6 Å². The van der Waals surface area contributed by atoms with Gasteiger partial charge in [0.1, 0.15) is 0 Å². The van der Waals surface area contributed by atoms with E-state index in [1.807, 2.05) is 6.07 Å². The van der Waals surface area contributed by atoms with Crippen LogP contribution in [0.3, 0.4) is 0 Å². The van der Waals surface area contributed by atoms with Crippen LogP contribution in [0.25, 0.3) is 11.3 Å². The fourth-order valence-electron chi connectivity index (χ4n) is 3.66. The van der Waals surface area contributed by atoms with E-state index in [0.717, 1.165) is 11.3 Å². The number of pyridine rings is 1. The molecule has 2 aliphatic rings. The van der Waals surface area contributed by atoms with Crippen LogP contribution in [-0.2, 0) is 0 Å². The van der Waals surface area contributed by atoms with Gasteiger partial charge in [-0.05, 0) is 0 Å². The molecule has 5 rings (SSSR count). The first kappa shape index (κ1) is 19.1. The molecule has 2 aromatic heterocycles. The number of carbonyl (C=O) groups excluding carboxylic acids is 1. The summed E-state index contributed by atoms with van der Waals surface area (Å²) in [6.45, 7) is 0.921. The zero-order chi connectivity index (χ0) is 20.7. The molecular formula is C20H18FIN5O3-. The summed E-state index contributed by atoms with van der Waals surface area (Å²) < 4.78 is 28.9. The molecule has 0 unspecified atom stereocenters. The molecule has 1 amide bonds. The third-order valence-corrected chi connectivity index (χ3v) is 7.55. The third kappa shape index (κ3) is 3.16. The number of halogens is 2. The van der Waals surface area contributed by atoms with Crippen LogP contribution < -0.4 is 45.1 Å². The number of aromatic amines is 1. The van der Waals surface area contributed by atoms with E-state index in [9.17, 15) is 9.18 Å². The molecule has 2 aliphatic heterocycles. The van der Waals surface area contributed by atoms with Crippen LogP contribution in [0.1, 0.15) is 20.0 Å². The van der Waals surface area contributed by atoms with E-state index in [4.69, 9.17) is 9.47 Å². The number of carbonyl (C=O) groups is 1. The number of nitrogens with zero attached hydrogens (tertiary/aromatic N) is 1. The monoisotopic (exact) mass is 522 g/mol. The summed E-state index contributed by atoms with van der Waals surface area (Å²) in [7, 11) is 1.41. The topological polar surface area (TPSA) is 100 Å². The number of amides is 1. The number of methoxy groups -OCH3 is 1. The summed E-state index contributed by atoms with van der Waals surface area (Å²) in [5.41, 5.74) is 3.82. The second-order valence-electron chi connectivity index (χ2n) is 6.69. The van der Waals surface area contributed by atoms with Crippen LogP contribution in [-0.4, -0.2) is 36.3 Å². The van der Waals surface area contributed by atoms with E-state index >= 15 is 0 Å². The number of hydrogen-bond donors (Lipinski definition) is 4. The molecular weight excluding hydrogens is 504 g/mol. The quantitative estimate of drug-likeness (QED) is 0.214. The summed E-state index contributed by atoms with van der Waals surface area (Å²) in [4.78, 5) is 20.5. The Kier molecular flexibility index (Phi) is 4.95. The van der Waals surface area contributed by atoms with Gasteiger partial charge in [-0.15, -0.1) is 0 Å². The number of aromatic nitrogens is 2. The molecule has 0 aliphatic carbocycles. The van der Waals surface area contributed by atoms with Crippen LogP contribution in [0.4, 0.5) is 15.8 Å². The van der Waals surface area contributed by atoms with Gasteiger partial charge in [0.15, 0.2) is 0 Å². The molecule has 0 spiro atoms. The Morgan fingerprint density at radius 2 is 2.27 bits per heavy atom. The molecule has 156 valence electrons. The van der Waals surface area contributed by atoms with Crippen molar-refractivity contribution in [3.05, 3.63) is 53.7 Å². The number of nitrogens with one attached hydrogen (secondary N) is 4. The van der Waals surface area contributed by atoms with Gasteiger partial charge in [0, 0.05) is 0 Å². The normalized spacial score (nSPS) is 17.7. The van der Waals surface area contributed by atoms with Gasteiger partial charge in [-0.1, -0.05) is 0 Å². The third-order valence-electron chi connectivity index (χ3n) is 4.99. The van der Waals surface area contributed by atoms with Crippen molar-refractivity contribution in [2.45, 2.75) is 3.92 Å². The van der Waals surface area contributed by atoms with Crippen molar-refractivity contribution in [1.29, 1.82) is 0 Å². The average Bonchev–Trinajstić information content (AvgIpc) is 3.13. The van der Waals surface area contributed by atoms with Crippen molar-refractivity contribution >= 4 is 17.3 Å². The van der Waals surface area contributed by atoms with Gasteiger partial charge >= 0.3 is 182 Å². The molecule has 1 atom stereocenters. The molecule has 0 saturated heterocycles. The van der Waals surface area contributed by atoms with Crippen molar-refractivity contribution in [2.75, 3.05) is 25.7 Å². The number of rotatable bonds is 3. The molecule has 1 aromatic carbocycles. The summed E-state index contributed by atoms with van der Waals surface area (Å²) in [5.74, 6) is -0.00500. The number of anilines is 2. The van der Waals surface area contributed by atoms with E-state index in [2.05, 4.69) is 24.1 Å². The number of fused-ring (bicyclic) bond motifs is 3. The van der Waals surface area contributed by atoms with Crippen molar-refractivity contribution < 1.29 is 40.1 Å². The van der Waals surface area contributed by atoms with Crippen LogP contribution in [0.5, 0.6) is 11.5 Å². The molecule has 0 saturated carbocycles. The van der Waals surface area contributed by atoms with Crippen molar-refractivity contribution in [1.82, 2.24) is 18.8 Å². The molecule has 3 aromatic rings. The number of ether oxygens (including phenoxy) is 2. The van der Waals surface area contributed by atoms with Gasteiger partial charge in [-0.3, -0.25) is 0 Å². The number of H-pyrrole nitrogens is 1. The SMILES string of the molecule is COc1c(F)cccc1Nc1c2[nH]c3c1C(=O)NC[C@H]3[I-]NCOc1cnccc1-2. The maximum atomic E-state index is 14.3. The molecule has 30 heavy (non-hydrogen) atoms. The Labute approximate surface area is 182 Å². The van der Waals surface area contributed by atoms with Crippen molar-refractivity contribution in [3.63, 3.8) is 0 Å². The fourth-order valence-corrected chi connectivity index (χ4v) is 5.75. The van der Waals surface area contributed by atoms with E-state index in [1.165, 1.54) is 13.2 Å². The zero-order valence-corrected chi connectivity index (χ0v) is 18.0. The maximum absolute atomic E-state index is 14.3. The molecule has 10 heteroatoms. The summed E-state index contributed by atoms with van der Waals surface area (Å²) in [6.07, 6.45) is 3.30. The van der Waals surface area contributed by atoms with Gasteiger partial charge < -0.3 is 0 Å². The van der Waals surface area contributed by atoms with Gasteiger partial charge in [0.05, 0.1) is 0 Å². The minimum atomic E-state index is -0.496. The fraction of sp³-hybridized carbons (Fsp3) is 0.200. The standard InChI is InChI=1S/C20H18FIN5O3/c1-29-19-11(21)3-2-4-13(19)26-18-15-17-12(7-24-20(15)28)22-25-9-30-14-8-23-6-5-10(14)16(18)27-17/h2-6,8,12,25-27H,7,9H2,1H3,(H,24,28)/q-1/t12-/m1/s1. The van der Waals surface area contributed by atoms with E-state index < -0.39 is 27.3 Å². The van der Waals surface area contributed by atoms with Gasteiger partial charge in [-0.2, -0.15) is 0 Å². The van der Waals surface area contributed by atoms with Crippen LogP contribution in [0.2, 0.25) is 0 Å². The van der Waals surface area contributed by atoms with Crippen LogP contribution in [0.15, 0.2) is 36.7 Å². The Balaban J connectivity index is 1.75. The summed E-state index contributed by atoms with van der Waals surface area (Å²) in [5, 5.41) is 6.22. The first-order valence-electron chi connectivity index (χ1n) is 9.23. The summed E-state index contributed by atoms with van der Waals surface area (Å²) in [6, 6.07) is 6.45. The van der Waals surface area contributed by atoms with Gasteiger partial charge in [-0.25, -0.2) is 0 Å². The summed E-state index contributed by atoms with van der Waals surface area (Å²) >= 11 is -0.496. The Bertz CT molecular complexity index is 1140. The molecule has 0 radical (unpaired) electrons. The number of hydrogen-bond acceptors (Lipinski definition) is 6. The Hall–Kier alpha value is -2.86. The average molecular weight is 522 g/mol. The second kappa shape index (κ2) is 7.76. The number of para-hydroxylation sites is 1. The second-order valence-corrected chi connectivity index (χ2v) is 9.58. The van der Waals surface area contributed by atoms with E-state index in [1.54, 1.807) is 24.5 Å². The van der Waals surface area contributed by atoms with Crippen LogP contribution in [0, 0.1) is 5.82 Å². The predicted octanol–water partition coefficient (Wildman–Crippen LogP) is -0.304. The van der Waals surface area contributed by atoms with E-state index in [0.29, 0.717) is 41.7 Å². The molecule has 4 heterocycles. The molecule has 4 N–H and O–H groups in total. The molecule has 2 bridgehead atoms. The molecule has 0 fully saturated rings.